The smallest absolute Gasteiger partial charge is 0.0106 e. The highest BCUT2D eigenvalue weighted by Gasteiger charge is 2.42. The van der Waals surface area contributed by atoms with Gasteiger partial charge in [0.25, 0.3) is 0 Å². The van der Waals surface area contributed by atoms with Crippen molar-refractivity contribution in [3.8, 4) is 0 Å². The molecule has 0 heteroatoms. The average Bonchev–Trinajstić information content (AvgIpc) is 3.39. The lowest BCUT2D eigenvalue weighted by Gasteiger charge is -2.31. The first-order chi connectivity index (χ1) is 15.0. The van der Waals surface area contributed by atoms with Crippen molar-refractivity contribution < 1.29 is 0 Å². The Morgan fingerprint density at radius 1 is 1.03 bits per heavy atom. The van der Waals surface area contributed by atoms with Gasteiger partial charge in [-0.15, -0.1) is 0 Å². The SMILES string of the molecule is C=C(c1ccc(C)cc1)C(C)C1=CC2=C(C1)C(C(=C)C1CCCC1C)=C(C)C2C(C)(C)C. The van der Waals surface area contributed by atoms with Gasteiger partial charge in [-0.05, 0) is 77.4 Å². The van der Waals surface area contributed by atoms with E-state index in [4.69, 9.17) is 6.58 Å². The molecule has 3 aliphatic carbocycles. The molecule has 4 atom stereocenters. The molecule has 32 heavy (non-hydrogen) atoms. The molecule has 0 radical (unpaired) electrons. The van der Waals surface area contributed by atoms with Gasteiger partial charge < -0.3 is 0 Å². The molecule has 0 aromatic heterocycles. The summed E-state index contributed by atoms with van der Waals surface area (Å²) in [6, 6.07) is 8.84. The summed E-state index contributed by atoms with van der Waals surface area (Å²) >= 11 is 0. The lowest BCUT2D eigenvalue weighted by molar-refractivity contribution is 0.324. The van der Waals surface area contributed by atoms with E-state index in [-0.39, 0.29) is 5.41 Å². The third-order valence-electron chi connectivity index (χ3n) is 8.51. The van der Waals surface area contributed by atoms with Gasteiger partial charge in [0.2, 0.25) is 0 Å². The van der Waals surface area contributed by atoms with Crippen molar-refractivity contribution in [2.24, 2.45) is 29.1 Å². The summed E-state index contributed by atoms with van der Waals surface area (Å²) in [6.07, 6.45) is 7.60. The normalized spacial score (nSPS) is 26.5. The number of allylic oxidation sites excluding steroid dienone is 8. The van der Waals surface area contributed by atoms with Crippen LogP contribution < -0.4 is 0 Å². The second kappa shape index (κ2) is 8.36. The Morgan fingerprint density at radius 2 is 1.69 bits per heavy atom. The molecule has 1 aromatic rings. The topological polar surface area (TPSA) is 0 Å². The molecule has 0 spiro atoms. The molecule has 0 aliphatic heterocycles. The van der Waals surface area contributed by atoms with Crippen molar-refractivity contribution in [1.29, 1.82) is 0 Å². The summed E-state index contributed by atoms with van der Waals surface area (Å²) in [5, 5.41) is 0. The van der Waals surface area contributed by atoms with Crippen molar-refractivity contribution >= 4 is 5.57 Å². The van der Waals surface area contributed by atoms with Crippen molar-refractivity contribution in [3.63, 3.8) is 0 Å². The van der Waals surface area contributed by atoms with E-state index in [0.717, 1.165) is 12.3 Å². The molecule has 1 saturated carbocycles. The quantitative estimate of drug-likeness (QED) is 0.440. The van der Waals surface area contributed by atoms with Crippen molar-refractivity contribution in [1.82, 2.24) is 0 Å². The second-order valence-electron chi connectivity index (χ2n) is 11.8. The first-order valence-electron chi connectivity index (χ1n) is 12.6. The van der Waals surface area contributed by atoms with E-state index in [9.17, 15) is 0 Å². The summed E-state index contributed by atoms with van der Waals surface area (Å²) in [4.78, 5) is 0. The van der Waals surface area contributed by atoms with Crippen LogP contribution in [0.1, 0.15) is 78.4 Å². The highest BCUT2D eigenvalue weighted by atomic mass is 14.5. The van der Waals surface area contributed by atoms with Crippen LogP contribution in [0, 0.1) is 36.0 Å². The minimum atomic E-state index is 0.205. The monoisotopic (exact) mass is 426 g/mol. The van der Waals surface area contributed by atoms with E-state index in [1.807, 2.05) is 0 Å². The largest absolute Gasteiger partial charge is 0.0949 e. The van der Waals surface area contributed by atoms with Crippen LogP contribution in [0.25, 0.3) is 5.57 Å². The molecule has 1 fully saturated rings. The van der Waals surface area contributed by atoms with Gasteiger partial charge >= 0.3 is 0 Å². The fourth-order valence-electron chi connectivity index (χ4n) is 6.68. The Labute approximate surface area is 196 Å². The molecule has 170 valence electrons. The van der Waals surface area contributed by atoms with Crippen LogP contribution in [-0.2, 0) is 0 Å². The summed E-state index contributed by atoms with van der Waals surface area (Å²) in [7, 11) is 0. The Kier molecular flexibility index (Phi) is 6.03. The average molecular weight is 427 g/mol. The van der Waals surface area contributed by atoms with Crippen LogP contribution in [0.15, 0.2) is 76.9 Å². The van der Waals surface area contributed by atoms with Crippen LogP contribution >= 0.6 is 0 Å². The zero-order chi connectivity index (χ0) is 23.4. The van der Waals surface area contributed by atoms with Gasteiger partial charge in [0.05, 0.1) is 0 Å². The Morgan fingerprint density at radius 3 is 2.25 bits per heavy atom. The molecular weight excluding hydrogens is 384 g/mol. The van der Waals surface area contributed by atoms with Crippen molar-refractivity contribution in [3.05, 3.63) is 88.1 Å². The Balaban J connectivity index is 1.65. The van der Waals surface area contributed by atoms with Crippen LogP contribution in [0.2, 0.25) is 0 Å². The van der Waals surface area contributed by atoms with Crippen LogP contribution in [-0.4, -0.2) is 0 Å². The fourth-order valence-corrected chi connectivity index (χ4v) is 6.68. The van der Waals surface area contributed by atoms with Gasteiger partial charge in [-0.3, -0.25) is 0 Å². The van der Waals surface area contributed by atoms with Crippen LogP contribution in [0.5, 0.6) is 0 Å². The minimum Gasteiger partial charge on any atom is -0.0949 e. The maximum atomic E-state index is 4.72. The molecule has 0 saturated heterocycles. The molecule has 0 bridgehead atoms. The third kappa shape index (κ3) is 3.91. The predicted molar refractivity (Wildman–Crippen MR) is 140 cm³/mol. The highest BCUT2D eigenvalue weighted by Crippen LogP contribution is 2.56. The van der Waals surface area contributed by atoms with E-state index < -0.39 is 0 Å². The zero-order valence-electron chi connectivity index (χ0n) is 21.4. The molecule has 0 amide bonds. The van der Waals surface area contributed by atoms with Gasteiger partial charge in [0.15, 0.2) is 0 Å². The Bertz CT molecular complexity index is 1030. The summed E-state index contributed by atoms with van der Waals surface area (Å²) in [5.41, 5.74) is 13.2. The van der Waals surface area contributed by atoms with Gasteiger partial charge in [0.1, 0.15) is 0 Å². The predicted octanol–water partition coefficient (Wildman–Crippen LogP) is 9.26. The molecule has 4 rings (SSSR count). The minimum absolute atomic E-state index is 0.205. The molecule has 0 nitrogen and oxygen atoms in total. The Hall–Kier alpha value is -2.08. The van der Waals surface area contributed by atoms with E-state index >= 15 is 0 Å². The number of hydrogen-bond acceptors (Lipinski definition) is 0. The zero-order valence-corrected chi connectivity index (χ0v) is 21.4. The van der Waals surface area contributed by atoms with E-state index in [1.165, 1.54) is 52.7 Å². The number of benzene rings is 1. The molecule has 3 aliphatic rings. The van der Waals surface area contributed by atoms with E-state index in [0.29, 0.717) is 17.8 Å². The van der Waals surface area contributed by atoms with Gasteiger partial charge in [-0.1, -0.05) is 108 Å². The van der Waals surface area contributed by atoms with Gasteiger partial charge in [0, 0.05) is 11.8 Å². The third-order valence-corrected chi connectivity index (χ3v) is 8.51. The van der Waals surface area contributed by atoms with E-state index in [1.54, 1.807) is 16.7 Å². The maximum Gasteiger partial charge on any atom is 0.0106 e. The molecule has 0 heterocycles. The van der Waals surface area contributed by atoms with Crippen molar-refractivity contribution in [2.75, 3.05) is 0 Å². The van der Waals surface area contributed by atoms with Crippen molar-refractivity contribution in [2.45, 2.75) is 74.1 Å². The number of aryl methyl sites for hydroxylation is 1. The molecule has 4 unspecified atom stereocenters. The maximum absolute atomic E-state index is 4.72. The highest BCUT2D eigenvalue weighted by molar-refractivity contribution is 5.72. The number of rotatable bonds is 5. The standard InChI is InChI=1S/C32H42/c1-19-13-15-25(16-14-19)21(3)22(4)26-17-28-29(18-26)31(32(7,8)9)24(6)30(28)23(5)27-12-10-11-20(27)2/h13-16,18,20,22,27,31H,3,5,10-12,17H2,1-2,4,6-9H3. The van der Waals surface area contributed by atoms with Gasteiger partial charge in [-0.2, -0.15) is 0 Å². The van der Waals surface area contributed by atoms with Crippen LogP contribution in [0.4, 0.5) is 0 Å². The first kappa shape index (κ1) is 23.1. The molecular formula is C32H42. The summed E-state index contributed by atoms with van der Waals surface area (Å²) in [5.74, 6) is 2.24. The van der Waals surface area contributed by atoms with E-state index in [2.05, 4.69) is 85.4 Å². The molecule has 1 aromatic carbocycles. The molecule has 0 N–H and O–H groups in total. The lowest BCUT2D eigenvalue weighted by atomic mass is 9.73. The second-order valence-corrected chi connectivity index (χ2v) is 11.8. The summed E-state index contributed by atoms with van der Waals surface area (Å²) in [6.45, 7) is 25.7. The summed E-state index contributed by atoms with van der Waals surface area (Å²) < 4.78 is 0. The van der Waals surface area contributed by atoms with Crippen LogP contribution in [0.3, 0.4) is 0 Å². The number of hydrogen-bond donors (Lipinski definition) is 0. The first-order valence-corrected chi connectivity index (χ1v) is 12.6. The fraction of sp³-hybridized carbons (Fsp3) is 0.500. The van der Waals surface area contributed by atoms with Gasteiger partial charge in [-0.25, -0.2) is 0 Å². The lowest BCUT2D eigenvalue weighted by Crippen LogP contribution is -2.21.